The molecule has 0 aliphatic heterocycles. The number of benzene rings is 2. The van der Waals surface area contributed by atoms with Crippen LogP contribution in [0.1, 0.15) is 39.4 Å². The van der Waals surface area contributed by atoms with E-state index in [9.17, 15) is 0 Å². The van der Waals surface area contributed by atoms with Crippen LogP contribution >= 0.6 is 0 Å². The normalized spacial score (nSPS) is 12.5. The number of nitrogens with two attached hydrogens (primary N) is 1. The van der Waals surface area contributed by atoms with Crippen molar-refractivity contribution in [2.24, 2.45) is 5.73 Å². The molecule has 0 aliphatic rings. The number of hydrogen-bond donors (Lipinski definition) is 1. The van der Waals surface area contributed by atoms with Crippen LogP contribution in [0.15, 0.2) is 36.4 Å². The average Bonchev–Trinajstić information content (AvgIpc) is 2.34. The van der Waals surface area contributed by atoms with Gasteiger partial charge in [-0.15, -0.1) is 0 Å². The van der Waals surface area contributed by atoms with Gasteiger partial charge < -0.3 is 5.73 Å². The number of rotatable bonds is 3. The molecule has 1 atom stereocenters. The van der Waals surface area contributed by atoms with Crippen molar-refractivity contribution in [2.75, 3.05) is 0 Å². The van der Waals surface area contributed by atoms with Crippen LogP contribution in [0.3, 0.4) is 0 Å². The molecule has 0 saturated heterocycles. The van der Waals surface area contributed by atoms with Crippen molar-refractivity contribution >= 4 is 0 Å². The van der Waals surface area contributed by atoms with Gasteiger partial charge in [-0.3, -0.25) is 0 Å². The third-order valence-electron chi connectivity index (χ3n) is 3.77. The van der Waals surface area contributed by atoms with Gasteiger partial charge in [0.05, 0.1) is 0 Å². The van der Waals surface area contributed by atoms with Crippen molar-refractivity contribution < 1.29 is 0 Å². The highest BCUT2D eigenvalue weighted by molar-refractivity contribution is 5.39. The fourth-order valence-electron chi connectivity index (χ4n) is 2.68. The predicted molar refractivity (Wildman–Crippen MR) is 82.5 cm³/mol. The fourth-order valence-corrected chi connectivity index (χ4v) is 2.68. The van der Waals surface area contributed by atoms with Crippen molar-refractivity contribution in [3.05, 3.63) is 69.8 Å². The maximum Gasteiger partial charge on any atom is 0.0335 e. The first-order valence-electron chi connectivity index (χ1n) is 6.86. The van der Waals surface area contributed by atoms with Crippen LogP contribution < -0.4 is 5.73 Å². The van der Waals surface area contributed by atoms with E-state index in [-0.39, 0.29) is 6.04 Å². The van der Waals surface area contributed by atoms with Crippen LogP contribution in [0.5, 0.6) is 0 Å². The lowest BCUT2D eigenvalue weighted by Gasteiger charge is -2.17. The van der Waals surface area contributed by atoms with Gasteiger partial charge in [0.25, 0.3) is 0 Å². The SMILES string of the molecule is Cc1ccc(C(N)Cc2c(C)cc(C)cc2C)cc1. The first-order valence-corrected chi connectivity index (χ1v) is 6.86. The van der Waals surface area contributed by atoms with E-state index >= 15 is 0 Å². The van der Waals surface area contributed by atoms with E-state index < -0.39 is 0 Å². The minimum atomic E-state index is 0.0701. The zero-order valence-electron chi connectivity index (χ0n) is 12.3. The smallest absolute Gasteiger partial charge is 0.0335 e. The second-order valence-electron chi connectivity index (χ2n) is 5.60. The van der Waals surface area contributed by atoms with Gasteiger partial charge in [0, 0.05) is 6.04 Å². The van der Waals surface area contributed by atoms with Gasteiger partial charge in [-0.25, -0.2) is 0 Å². The molecule has 19 heavy (non-hydrogen) atoms. The first-order chi connectivity index (χ1) is 8.97. The van der Waals surface area contributed by atoms with Crippen molar-refractivity contribution in [3.8, 4) is 0 Å². The highest BCUT2D eigenvalue weighted by atomic mass is 14.6. The molecule has 2 aromatic rings. The molecule has 0 radical (unpaired) electrons. The maximum atomic E-state index is 6.35. The molecule has 0 aromatic heterocycles. The summed E-state index contributed by atoms with van der Waals surface area (Å²) in [7, 11) is 0. The standard InChI is InChI=1S/C18H23N/c1-12-5-7-16(8-6-12)18(19)11-17-14(3)9-13(2)10-15(17)4/h5-10,18H,11,19H2,1-4H3. The lowest BCUT2D eigenvalue weighted by atomic mass is 9.92. The largest absolute Gasteiger partial charge is 0.324 e. The summed E-state index contributed by atoms with van der Waals surface area (Å²) in [5.41, 5.74) is 14.2. The molecule has 0 spiro atoms. The molecule has 0 heterocycles. The quantitative estimate of drug-likeness (QED) is 0.873. The fraction of sp³-hybridized carbons (Fsp3) is 0.333. The van der Waals surface area contributed by atoms with E-state index in [1.165, 1.54) is 33.4 Å². The Kier molecular flexibility index (Phi) is 4.06. The summed E-state index contributed by atoms with van der Waals surface area (Å²) in [6.07, 6.45) is 0.904. The van der Waals surface area contributed by atoms with E-state index in [0.29, 0.717) is 0 Å². The Bertz CT molecular complexity index is 544. The van der Waals surface area contributed by atoms with Gasteiger partial charge in [-0.05, 0) is 56.4 Å². The summed E-state index contributed by atoms with van der Waals surface area (Å²) < 4.78 is 0. The zero-order valence-corrected chi connectivity index (χ0v) is 12.3. The maximum absolute atomic E-state index is 6.35. The Hall–Kier alpha value is -1.60. The Morgan fingerprint density at radius 2 is 1.37 bits per heavy atom. The van der Waals surface area contributed by atoms with Crippen LogP contribution in [0, 0.1) is 27.7 Å². The van der Waals surface area contributed by atoms with Crippen molar-refractivity contribution in [1.82, 2.24) is 0 Å². The van der Waals surface area contributed by atoms with Crippen LogP contribution in [0.2, 0.25) is 0 Å². The molecular formula is C18H23N. The molecule has 2 rings (SSSR count). The van der Waals surface area contributed by atoms with Crippen molar-refractivity contribution in [1.29, 1.82) is 0 Å². The molecule has 0 bridgehead atoms. The van der Waals surface area contributed by atoms with E-state index in [1.807, 2.05) is 0 Å². The van der Waals surface area contributed by atoms with Gasteiger partial charge in [-0.2, -0.15) is 0 Å². The number of aryl methyl sites for hydroxylation is 4. The van der Waals surface area contributed by atoms with Gasteiger partial charge in [0.1, 0.15) is 0 Å². The Labute approximate surface area is 116 Å². The summed E-state index contributed by atoms with van der Waals surface area (Å²) in [5, 5.41) is 0. The van der Waals surface area contributed by atoms with Gasteiger partial charge in [0.15, 0.2) is 0 Å². The summed E-state index contributed by atoms with van der Waals surface area (Å²) in [6, 6.07) is 13.1. The van der Waals surface area contributed by atoms with Crippen LogP contribution in [0.25, 0.3) is 0 Å². The highest BCUT2D eigenvalue weighted by Crippen LogP contribution is 2.23. The molecule has 2 N–H and O–H groups in total. The molecular weight excluding hydrogens is 230 g/mol. The Morgan fingerprint density at radius 1 is 0.842 bits per heavy atom. The van der Waals surface area contributed by atoms with E-state index in [1.54, 1.807) is 0 Å². The van der Waals surface area contributed by atoms with Gasteiger partial charge in [0.2, 0.25) is 0 Å². The summed E-state index contributed by atoms with van der Waals surface area (Å²) in [6.45, 7) is 8.60. The molecule has 100 valence electrons. The molecule has 1 nitrogen and oxygen atoms in total. The van der Waals surface area contributed by atoms with Crippen molar-refractivity contribution in [2.45, 2.75) is 40.2 Å². The van der Waals surface area contributed by atoms with Crippen LogP contribution in [-0.4, -0.2) is 0 Å². The molecule has 0 amide bonds. The minimum Gasteiger partial charge on any atom is -0.324 e. The summed E-state index contributed by atoms with van der Waals surface area (Å²) >= 11 is 0. The molecule has 2 aromatic carbocycles. The third-order valence-corrected chi connectivity index (χ3v) is 3.77. The van der Waals surface area contributed by atoms with Crippen molar-refractivity contribution in [3.63, 3.8) is 0 Å². The Morgan fingerprint density at radius 3 is 1.89 bits per heavy atom. The Balaban J connectivity index is 2.24. The van der Waals surface area contributed by atoms with Gasteiger partial charge >= 0.3 is 0 Å². The average molecular weight is 253 g/mol. The molecule has 0 fully saturated rings. The summed E-state index contributed by atoms with van der Waals surface area (Å²) in [5.74, 6) is 0. The zero-order chi connectivity index (χ0) is 14.0. The van der Waals surface area contributed by atoms with Crippen LogP contribution in [0.4, 0.5) is 0 Å². The topological polar surface area (TPSA) is 26.0 Å². The van der Waals surface area contributed by atoms with Crippen LogP contribution in [-0.2, 0) is 6.42 Å². The lowest BCUT2D eigenvalue weighted by Crippen LogP contribution is -2.14. The minimum absolute atomic E-state index is 0.0701. The second kappa shape index (κ2) is 5.58. The lowest BCUT2D eigenvalue weighted by molar-refractivity contribution is 0.715. The molecule has 0 saturated carbocycles. The monoisotopic (exact) mass is 253 g/mol. The summed E-state index contributed by atoms with van der Waals surface area (Å²) in [4.78, 5) is 0. The molecule has 1 unspecified atom stereocenters. The first kappa shape index (κ1) is 13.8. The third kappa shape index (κ3) is 3.24. The predicted octanol–water partition coefficient (Wildman–Crippen LogP) is 4.16. The molecule has 0 aliphatic carbocycles. The van der Waals surface area contributed by atoms with E-state index in [2.05, 4.69) is 64.1 Å². The second-order valence-corrected chi connectivity index (χ2v) is 5.60. The van der Waals surface area contributed by atoms with E-state index in [4.69, 9.17) is 5.73 Å². The number of hydrogen-bond acceptors (Lipinski definition) is 1. The van der Waals surface area contributed by atoms with E-state index in [0.717, 1.165) is 6.42 Å². The highest BCUT2D eigenvalue weighted by Gasteiger charge is 2.11. The van der Waals surface area contributed by atoms with Gasteiger partial charge in [-0.1, -0.05) is 47.5 Å². The molecule has 1 heteroatoms.